The van der Waals surface area contributed by atoms with E-state index in [2.05, 4.69) is 66.3 Å². The van der Waals surface area contributed by atoms with E-state index in [1.54, 1.807) is 0 Å². The van der Waals surface area contributed by atoms with Crippen molar-refractivity contribution in [3.8, 4) is 0 Å². The smallest absolute Gasteiger partial charge is 0.330 e. The lowest BCUT2D eigenvalue weighted by Crippen LogP contribution is -2.35. The van der Waals surface area contributed by atoms with Crippen molar-refractivity contribution in [3.05, 3.63) is 20.8 Å². The SMILES string of the molecule is CCCCCC(CC)OC(=O)CCCCCCCCN(CCCCCCCCC(=O)OC(CC)CCCCC)CCCN(CCCCCCCCC(=O)OC(CC)CCCCC)CCCCCC(=O)OC[C@@H]1O[C@H](n2c(=O)[nH]c3c(=O)[nH]c(N)nc32)C(O)C1O. The maximum Gasteiger partial charge on any atom is 0.330 e. The summed E-state index contributed by atoms with van der Waals surface area (Å²) in [7, 11) is 0. The number of hydrogen-bond acceptors (Lipinski definition) is 17. The van der Waals surface area contributed by atoms with E-state index in [9.17, 15) is 39.0 Å². The van der Waals surface area contributed by atoms with Gasteiger partial charge in [0.1, 0.15) is 43.2 Å². The van der Waals surface area contributed by atoms with Crippen molar-refractivity contribution in [1.82, 2.24) is 29.3 Å². The van der Waals surface area contributed by atoms with Gasteiger partial charge in [0.25, 0.3) is 5.56 Å². The number of aromatic nitrogens is 4. The van der Waals surface area contributed by atoms with Crippen molar-refractivity contribution < 1.29 is 53.1 Å². The Morgan fingerprint density at radius 3 is 1.23 bits per heavy atom. The Kier molecular flexibility index (Phi) is 44.5. The van der Waals surface area contributed by atoms with Gasteiger partial charge in [-0.2, -0.15) is 4.98 Å². The summed E-state index contributed by atoms with van der Waals surface area (Å²) in [6.45, 7) is 18.6. The van der Waals surface area contributed by atoms with Crippen molar-refractivity contribution >= 4 is 41.0 Å². The molecular formula is C70H127N7O13. The highest BCUT2D eigenvalue weighted by molar-refractivity contribution is 5.71. The van der Waals surface area contributed by atoms with Crippen LogP contribution in [0.1, 0.15) is 311 Å². The molecule has 1 saturated heterocycles. The zero-order valence-electron chi connectivity index (χ0n) is 57.2. The largest absolute Gasteiger partial charge is 0.463 e. The number of esters is 4. The molecule has 0 spiro atoms. The number of H-pyrrole nitrogens is 2. The summed E-state index contributed by atoms with van der Waals surface area (Å²) in [4.78, 5) is 89.9. The molecule has 3 heterocycles. The average Bonchev–Trinajstić information content (AvgIpc) is 1.76. The summed E-state index contributed by atoms with van der Waals surface area (Å²) in [6, 6.07) is 0. The van der Waals surface area contributed by atoms with Gasteiger partial charge in [0.2, 0.25) is 5.95 Å². The van der Waals surface area contributed by atoms with Crippen molar-refractivity contribution in [3.63, 3.8) is 0 Å². The zero-order chi connectivity index (χ0) is 65.6. The second-order valence-electron chi connectivity index (χ2n) is 25.7. The van der Waals surface area contributed by atoms with Crippen molar-refractivity contribution in [2.24, 2.45) is 0 Å². The fourth-order valence-corrected chi connectivity index (χ4v) is 12.1. The predicted octanol–water partition coefficient (Wildman–Crippen LogP) is 13.6. The molecule has 0 bridgehead atoms. The fraction of sp³-hybridized carbons (Fsp3) is 0.871. The van der Waals surface area contributed by atoms with Gasteiger partial charge in [0, 0.05) is 25.7 Å². The van der Waals surface area contributed by atoms with Crippen molar-refractivity contribution in [2.75, 3.05) is 51.6 Å². The van der Waals surface area contributed by atoms with Crippen LogP contribution in [0, 0.1) is 0 Å². The number of aliphatic hydroxyl groups is 2. The summed E-state index contributed by atoms with van der Waals surface area (Å²) >= 11 is 0. The maximum atomic E-state index is 13.0. The number of imidazole rings is 1. The molecule has 90 heavy (non-hydrogen) atoms. The van der Waals surface area contributed by atoms with Crippen LogP contribution in [0.2, 0.25) is 0 Å². The molecule has 7 atom stereocenters. The molecule has 3 rings (SSSR count). The van der Waals surface area contributed by atoms with E-state index in [4.69, 9.17) is 29.4 Å². The lowest BCUT2D eigenvalue weighted by molar-refractivity contribution is -0.151. The van der Waals surface area contributed by atoms with E-state index in [1.165, 1.54) is 44.9 Å². The number of fused-ring (bicyclic) bond motifs is 1. The number of nitrogens with two attached hydrogens (primary N) is 1. The molecule has 5 unspecified atom stereocenters. The lowest BCUT2D eigenvalue weighted by atomic mass is 10.1. The van der Waals surface area contributed by atoms with Gasteiger partial charge >= 0.3 is 29.6 Å². The number of rotatable bonds is 58. The normalized spacial score (nSPS) is 16.9. The van der Waals surface area contributed by atoms with E-state index in [0.29, 0.717) is 25.7 Å². The van der Waals surface area contributed by atoms with Crippen LogP contribution in [0.5, 0.6) is 0 Å². The van der Waals surface area contributed by atoms with Crippen LogP contribution >= 0.6 is 0 Å². The van der Waals surface area contributed by atoms with Gasteiger partial charge in [-0.1, -0.05) is 164 Å². The Balaban J connectivity index is 1.52. The number of anilines is 1. The van der Waals surface area contributed by atoms with Gasteiger partial charge in [-0.25, -0.2) is 9.36 Å². The standard InChI is InChI=1S/C70H127N7O13/c1-7-13-29-41-55(10-4)87-60(79)45-32-22-16-19-25-36-48-75(49-37-26-20-17-23-33-46-61(80)88-56(11-5)42-30-14-8-2)52-40-53-76(50-38-27-21-18-24-34-47-62(81)89-57(12-6)43-31-15-9-3)51-39-28-35-44-59(78)86-54-58-64(82)65(83)68(90-58)77-66-63(72-70(77)85)67(84)74-69(71)73-66/h55-58,64-65,68,82-83H,7-54H2,1-6H3,(H,72,85)(H3,71,73,74,84)/t55?,56?,57?,58-,64?,65?,68-/m0/s1. The Hall–Kier alpha value is -4.37. The first-order valence-electron chi connectivity index (χ1n) is 36.4. The van der Waals surface area contributed by atoms with E-state index < -0.39 is 41.8 Å². The number of ether oxygens (including phenoxy) is 5. The van der Waals surface area contributed by atoms with Gasteiger partial charge < -0.3 is 49.4 Å². The van der Waals surface area contributed by atoms with Gasteiger partial charge in [0.05, 0.1) is 0 Å². The highest BCUT2D eigenvalue weighted by Crippen LogP contribution is 2.31. The van der Waals surface area contributed by atoms with E-state index in [0.717, 1.165) is 230 Å². The van der Waals surface area contributed by atoms with Crippen molar-refractivity contribution in [2.45, 2.75) is 348 Å². The number of unbranched alkanes of at least 4 members (excludes halogenated alkanes) is 23. The monoisotopic (exact) mass is 1270 g/mol. The van der Waals surface area contributed by atoms with Gasteiger partial charge in [-0.3, -0.25) is 33.9 Å². The van der Waals surface area contributed by atoms with Crippen LogP contribution in [-0.4, -0.2) is 146 Å². The van der Waals surface area contributed by atoms with Crippen LogP contribution in [0.4, 0.5) is 5.95 Å². The third kappa shape index (κ3) is 34.5. The van der Waals surface area contributed by atoms with Crippen LogP contribution in [-0.2, 0) is 42.9 Å². The molecule has 0 radical (unpaired) electrons. The molecule has 1 aliphatic rings. The molecule has 1 aliphatic heterocycles. The molecule has 0 aliphatic carbocycles. The number of hydrogen-bond donors (Lipinski definition) is 5. The highest BCUT2D eigenvalue weighted by atomic mass is 16.6. The topological polar surface area (TPSA) is 271 Å². The average molecular weight is 1270 g/mol. The number of nitrogen functional groups attached to an aromatic ring is 1. The molecule has 2 aromatic heterocycles. The number of aromatic amines is 2. The maximum absolute atomic E-state index is 13.0. The number of carbonyl (C=O) groups excluding carboxylic acids is 4. The molecule has 520 valence electrons. The molecule has 6 N–H and O–H groups in total. The molecular weight excluding hydrogens is 1150 g/mol. The minimum atomic E-state index is -1.58. The Morgan fingerprint density at radius 1 is 0.489 bits per heavy atom. The first-order chi connectivity index (χ1) is 43.7. The fourth-order valence-electron chi connectivity index (χ4n) is 12.1. The summed E-state index contributed by atoms with van der Waals surface area (Å²) in [5, 5.41) is 21.7. The molecule has 0 amide bonds. The van der Waals surface area contributed by atoms with Gasteiger partial charge in [-0.05, 0) is 155 Å². The third-order valence-electron chi connectivity index (χ3n) is 17.9. The predicted molar refractivity (Wildman–Crippen MR) is 358 cm³/mol. The Morgan fingerprint density at radius 2 is 0.844 bits per heavy atom. The number of nitrogens with zero attached hydrogens (tertiary/aromatic N) is 4. The molecule has 0 aromatic carbocycles. The van der Waals surface area contributed by atoms with E-state index >= 15 is 0 Å². The van der Waals surface area contributed by atoms with E-state index in [-0.39, 0.29) is 66.4 Å². The minimum absolute atomic E-state index is 0.0339. The second kappa shape index (κ2) is 50.2. The molecule has 2 aromatic rings. The Bertz CT molecular complexity index is 2260. The summed E-state index contributed by atoms with van der Waals surface area (Å²) in [5.41, 5.74) is 3.94. The minimum Gasteiger partial charge on any atom is -0.463 e. The van der Waals surface area contributed by atoms with Gasteiger partial charge in [0.15, 0.2) is 17.4 Å². The quantitative estimate of drug-likeness (QED) is 0.0234. The number of nitrogens with one attached hydrogen (secondary N) is 2. The summed E-state index contributed by atoms with van der Waals surface area (Å²) < 4.78 is 29.6. The third-order valence-corrected chi connectivity index (χ3v) is 17.9. The summed E-state index contributed by atoms with van der Waals surface area (Å²) in [6.07, 6.45) is 34.9. The molecule has 20 heteroatoms. The van der Waals surface area contributed by atoms with Crippen LogP contribution in [0.25, 0.3) is 11.2 Å². The van der Waals surface area contributed by atoms with Crippen molar-refractivity contribution in [1.29, 1.82) is 0 Å². The summed E-state index contributed by atoms with van der Waals surface area (Å²) in [5.74, 6) is -0.855. The number of aliphatic hydroxyl groups excluding tert-OH is 2. The molecule has 1 fully saturated rings. The van der Waals surface area contributed by atoms with Crippen LogP contribution in [0.3, 0.4) is 0 Å². The number of carbonyl (C=O) groups is 4. The lowest BCUT2D eigenvalue weighted by Gasteiger charge is -2.26. The van der Waals surface area contributed by atoms with Crippen LogP contribution < -0.4 is 17.0 Å². The van der Waals surface area contributed by atoms with Crippen LogP contribution in [0.15, 0.2) is 9.59 Å². The second-order valence-corrected chi connectivity index (χ2v) is 25.7. The molecule has 0 saturated carbocycles. The zero-order valence-corrected chi connectivity index (χ0v) is 57.2. The van der Waals surface area contributed by atoms with E-state index in [1.807, 2.05) is 0 Å². The molecule has 20 nitrogen and oxygen atoms in total. The first kappa shape index (κ1) is 79.9. The highest BCUT2D eigenvalue weighted by Gasteiger charge is 2.46. The first-order valence-corrected chi connectivity index (χ1v) is 36.4. The Labute approximate surface area is 541 Å². The van der Waals surface area contributed by atoms with Gasteiger partial charge in [-0.15, -0.1) is 0 Å².